The molecule has 0 aliphatic carbocycles. The number of nitrogens with zero attached hydrogens (tertiary/aromatic N) is 2. The largest absolute Gasteiger partial charge is 0.372 e. The summed E-state index contributed by atoms with van der Waals surface area (Å²) < 4.78 is 10.7. The van der Waals surface area contributed by atoms with Gasteiger partial charge in [0, 0.05) is 0 Å². The summed E-state index contributed by atoms with van der Waals surface area (Å²) in [5, 5.41) is 8.71. The van der Waals surface area contributed by atoms with Gasteiger partial charge in [0.2, 0.25) is 6.08 Å². The lowest BCUT2D eigenvalue weighted by Gasteiger charge is -2.09. The van der Waals surface area contributed by atoms with Crippen LogP contribution in [0.4, 0.5) is 0 Å². The van der Waals surface area contributed by atoms with E-state index >= 15 is 0 Å². The molecular formula is C8H8N2O3. The topological polar surface area (TPSA) is 71.7 Å². The molecule has 0 spiro atoms. The van der Waals surface area contributed by atoms with Crippen molar-refractivity contribution in [3.8, 4) is 6.07 Å². The van der Waals surface area contributed by atoms with Crippen LogP contribution in [-0.4, -0.2) is 37.5 Å². The van der Waals surface area contributed by atoms with Gasteiger partial charge in [0.1, 0.15) is 18.2 Å². The molecule has 5 nitrogen and oxygen atoms in total. The average Bonchev–Trinajstić information content (AvgIpc) is 2.68. The van der Waals surface area contributed by atoms with Crippen molar-refractivity contribution in [2.24, 2.45) is 10.9 Å². The lowest BCUT2D eigenvalue weighted by molar-refractivity contribution is 0.0677. The molecule has 5 heteroatoms. The van der Waals surface area contributed by atoms with Crippen LogP contribution in [0.2, 0.25) is 0 Å². The van der Waals surface area contributed by atoms with Gasteiger partial charge in [-0.2, -0.15) is 10.3 Å². The number of isocyanates is 1. The number of carbonyl (C=O) groups excluding carboxylic acids is 1. The summed E-state index contributed by atoms with van der Waals surface area (Å²) >= 11 is 0. The van der Waals surface area contributed by atoms with E-state index in [9.17, 15) is 4.79 Å². The fourth-order valence-corrected chi connectivity index (χ4v) is 1.77. The smallest absolute Gasteiger partial charge is 0.235 e. The molecule has 2 aliphatic rings. The summed E-state index contributed by atoms with van der Waals surface area (Å²) in [5.74, 6) is -0.225. The molecule has 0 N–H and O–H groups in total. The molecular weight excluding hydrogens is 172 g/mol. The monoisotopic (exact) mass is 180 g/mol. The highest BCUT2D eigenvalue weighted by atomic mass is 16.6. The molecule has 0 aromatic carbocycles. The minimum Gasteiger partial charge on any atom is -0.372 e. The van der Waals surface area contributed by atoms with Crippen LogP contribution in [0.5, 0.6) is 0 Å². The van der Waals surface area contributed by atoms with Gasteiger partial charge in [-0.3, -0.25) is 0 Å². The maximum absolute atomic E-state index is 10.0. The Hall–Kier alpha value is -1.21. The Balaban J connectivity index is 2.12. The van der Waals surface area contributed by atoms with Crippen molar-refractivity contribution in [1.29, 1.82) is 5.26 Å². The van der Waals surface area contributed by atoms with E-state index < -0.39 is 0 Å². The van der Waals surface area contributed by atoms with E-state index in [-0.39, 0.29) is 24.2 Å². The normalized spacial score (nSPS) is 42.1. The molecule has 0 saturated carbocycles. The van der Waals surface area contributed by atoms with Gasteiger partial charge < -0.3 is 9.47 Å². The number of ether oxygens (including phenoxy) is 2. The van der Waals surface area contributed by atoms with Gasteiger partial charge in [0.15, 0.2) is 0 Å². The second-order valence-electron chi connectivity index (χ2n) is 3.12. The molecule has 2 aliphatic heterocycles. The number of hydrogen-bond donors (Lipinski definition) is 0. The summed E-state index contributed by atoms with van der Waals surface area (Å²) in [5.41, 5.74) is 0. The highest BCUT2D eigenvalue weighted by molar-refractivity contribution is 5.34. The van der Waals surface area contributed by atoms with E-state index in [2.05, 4.69) is 11.1 Å². The zero-order chi connectivity index (χ0) is 9.26. The van der Waals surface area contributed by atoms with Crippen LogP contribution in [0.15, 0.2) is 4.99 Å². The number of nitriles is 1. The van der Waals surface area contributed by atoms with Crippen molar-refractivity contribution in [2.45, 2.75) is 18.2 Å². The molecule has 0 aromatic rings. The first-order valence-electron chi connectivity index (χ1n) is 4.06. The van der Waals surface area contributed by atoms with E-state index in [1.807, 2.05) is 0 Å². The van der Waals surface area contributed by atoms with Crippen LogP contribution in [0.1, 0.15) is 0 Å². The van der Waals surface area contributed by atoms with Gasteiger partial charge in [0.25, 0.3) is 0 Å². The predicted octanol–water partition coefficient (Wildman–Crippen LogP) is -0.372. The Bertz CT molecular complexity index is 292. The summed E-state index contributed by atoms with van der Waals surface area (Å²) in [6, 6.07) is 1.83. The molecule has 2 rings (SSSR count). The molecule has 0 unspecified atom stereocenters. The Kier molecular flexibility index (Phi) is 2.11. The van der Waals surface area contributed by atoms with Crippen LogP contribution < -0.4 is 0 Å². The third-order valence-electron chi connectivity index (χ3n) is 2.41. The van der Waals surface area contributed by atoms with E-state index in [0.29, 0.717) is 13.2 Å². The minimum absolute atomic E-state index is 0.216. The Morgan fingerprint density at radius 1 is 1.31 bits per heavy atom. The number of hydrogen-bond acceptors (Lipinski definition) is 5. The van der Waals surface area contributed by atoms with E-state index in [4.69, 9.17) is 14.7 Å². The van der Waals surface area contributed by atoms with Gasteiger partial charge in [-0.05, 0) is 0 Å². The molecule has 2 heterocycles. The van der Waals surface area contributed by atoms with Gasteiger partial charge in [-0.15, -0.1) is 0 Å². The van der Waals surface area contributed by atoms with Crippen molar-refractivity contribution >= 4 is 6.08 Å². The van der Waals surface area contributed by atoms with E-state index in [1.165, 1.54) is 6.08 Å². The summed E-state index contributed by atoms with van der Waals surface area (Å²) in [4.78, 5) is 13.6. The van der Waals surface area contributed by atoms with Crippen LogP contribution in [0.25, 0.3) is 0 Å². The predicted molar refractivity (Wildman–Crippen MR) is 40.5 cm³/mol. The van der Waals surface area contributed by atoms with Crippen LogP contribution in [0.3, 0.4) is 0 Å². The first-order valence-corrected chi connectivity index (χ1v) is 4.06. The Labute approximate surface area is 75.0 Å². The molecule has 13 heavy (non-hydrogen) atoms. The first kappa shape index (κ1) is 8.39. The van der Waals surface area contributed by atoms with Gasteiger partial charge in [-0.1, -0.05) is 0 Å². The standard InChI is InChI=1S/C8H8N2O3/c9-1-5-2-12-8-6(10-4-11)3-13-7(5)8/h5-8H,2-3H2/t5-,6+,7-,8-/m1/s1. The van der Waals surface area contributed by atoms with E-state index in [1.54, 1.807) is 0 Å². The summed E-state index contributed by atoms with van der Waals surface area (Å²) in [6.45, 7) is 0.722. The molecule has 0 bridgehead atoms. The molecule has 4 atom stereocenters. The highest BCUT2D eigenvalue weighted by Gasteiger charge is 2.47. The zero-order valence-electron chi connectivity index (χ0n) is 6.84. The number of rotatable bonds is 1. The van der Waals surface area contributed by atoms with Crippen LogP contribution in [-0.2, 0) is 14.3 Å². The summed E-state index contributed by atoms with van der Waals surface area (Å²) in [6.07, 6.45) is 1.04. The molecule has 68 valence electrons. The van der Waals surface area contributed by atoms with Gasteiger partial charge in [-0.25, -0.2) is 4.79 Å². The third-order valence-corrected chi connectivity index (χ3v) is 2.41. The second-order valence-corrected chi connectivity index (χ2v) is 3.12. The molecule has 0 aromatic heterocycles. The zero-order valence-corrected chi connectivity index (χ0v) is 6.84. The fourth-order valence-electron chi connectivity index (χ4n) is 1.77. The Morgan fingerprint density at radius 2 is 2.08 bits per heavy atom. The molecule has 2 saturated heterocycles. The first-order chi connectivity index (χ1) is 6.36. The SMILES string of the molecule is N#C[C@@H]1CO[C@H]2[C@@H]1OC[C@@H]2N=C=O. The van der Waals surface area contributed by atoms with Crippen LogP contribution >= 0.6 is 0 Å². The maximum atomic E-state index is 10.0. The van der Waals surface area contributed by atoms with Crippen molar-refractivity contribution in [3.63, 3.8) is 0 Å². The number of aliphatic imine (C=N–C) groups is 1. The van der Waals surface area contributed by atoms with Crippen molar-refractivity contribution in [2.75, 3.05) is 13.2 Å². The second kappa shape index (κ2) is 3.27. The minimum atomic E-state index is -0.277. The van der Waals surface area contributed by atoms with Crippen molar-refractivity contribution in [1.82, 2.24) is 0 Å². The molecule has 0 amide bonds. The average molecular weight is 180 g/mol. The van der Waals surface area contributed by atoms with Gasteiger partial charge >= 0.3 is 0 Å². The van der Waals surface area contributed by atoms with Crippen molar-refractivity contribution < 1.29 is 14.3 Å². The molecule has 2 fully saturated rings. The van der Waals surface area contributed by atoms with Gasteiger partial charge in [0.05, 0.1) is 25.2 Å². The maximum Gasteiger partial charge on any atom is 0.235 e. The number of fused-ring (bicyclic) bond motifs is 1. The van der Waals surface area contributed by atoms with E-state index in [0.717, 1.165) is 0 Å². The van der Waals surface area contributed by atoms with Crippen LogP contribution in [0, 0.1) is 17.2 Å². The summed E-state index contributed by atoms with van der Waals surface area (Å²) in [7, 11) is 0. The fraction of sp³-hybridized carbons (Fsp3) is 0.750. The lowest BCUT2D eigenvalue weighted by Crippen LogP contribution is -2.27. The Morgan fingerprint density at radius 3 is 2.77 bits per heavy atom. The quantitative estimate of drug-likeness (QED) is 0.407. The molecule has 0 radical (unpaired) electrons. The lowest BCUT2D eigenvalue weighted by atomic mass is 10.0. The van der Waals surface area contributed by atoms with Crippen molar-refractivity contribution in [3.05, 3.63) is 0 Å². The third kappa shape index (κ3) is 1.25. The highest BCUT2D eigenvalue weighted by Crippen LogP contribution is 2.31.